The molecule has 0 radical (unpaired) electrons. The van der Waals surface area contributed by atoms with E-state index >= 15 is 0 Å². The van der Waals surface area contributed by atoms with Crippen LogP contribution in [0, 0.1) is 11.8 Å². The third-order valence-corrected chi connectivity index (χ3v) is 6.82. The highest BCUT2D eigenvalue weighted by Gasteiger charge is 2.47. The molecule has 0 bridgehead atoms. The first-order chi connectivity index (χ1) is 15.3. The summed E-state index contributed by atoms with van der Waals surface area (Å²) in [7, 11) is 4.89. The van der Waals surface area contributed by atoms with Gasteiger partial charge in [0.15, 0.2) is 6.10 Å². The quantitative estimate of drug-likeness (QED) is 0.294. The fraction of sp³-hybridized carbons (Fsp3) is 0.955. The summed E-state index contributed by atoms with van der Waals surface area (Å²) < 4.78 is 28.3. The Bertz CT molecular complexity index is 564. The molecule has 2 rings (SSSR count). The van der Waals surface area contributed by atoms with Crippen LogP contribution in [-0.4, -0.2) is 111 Å². The third kappa shape index (κ3) is 6.38. The number of aliphatic hydroxyl groups is 2. The predicted octanol–water partition coefficient (Wildman–Crippen LogP) is 0.0361. The molecule has 0 aliphatic carbocycles. The zero-order valence-electron chi connectivity index (χ0n) is 19.8. The number of likely N-dealkylation sites (N-methyl/N-ethyl adjacent to an activating group) is 1. The number of hydrogen-bond acceptors (Lipinski definition) is 9. The molecule has 10 unspecified atom stereocenters. The zero-order chi connectivity index (χ0) is 23.8. The molecule has 0 saturated carbocycles. The highest BCUT2D eigenvalue weighted by atomic mass is 16.6. The lowest BCUT2D eigenvalue weighted by molar-refractivity contribution is -0.220. The van der Waals surface area contributed by atoms with Gasteiger partial charge in [0.2, 0.25) is 0 Å². The van der Waals surface area contributed by atoms with Gasteiger partial charge in [-0.2, -0.15) is 0 Å². The number of ether oxygens (including phenoxy) is 5. The van der Waals surface area contributed by atoms with Gasteiger partial charge in [0, 0.05) is 39.3 Å². The molecule has 2 saturated heterocycles. The molecule has 2 fully saturated rings. The van der Waals surface area contributed by atoms with Crippen LogP contribution < -0.4 is 5.32 Å². The number of nitrogens with one attached hydrogen (secondary N) is 1. The molecule has 0 aromatic heterocycles. The van der Waals surface area contributed by atoms with Crippen molar-refractivity contribution in [3.63, 3.8) is 0 Å². The van der Waals surface area contributed by atoms with E-state index in [9.17, 15) is 20.1 Å². The lowest BCUT2D eigenvalue weighted by Gasteiger charge is -2.44. The molecular formula is C22H41NO9. The van der Waals surface area contributed by atoms with E-state index in [4.69, 9.17) is 23.7 Å². The van der Waals surface area contributed by atoms with Gasteiger partial charge in [-0.3, -0.25) is 0 Å². The van der Waals surface area contributed by atoms with E-state index in [0.717, 1.165) is 0 Å². The lowest BCUT2D eigenvalue weighted by atomic mass is 9.83. The van der Waals surface area contributed by atoms with Crippen molar-refractivity contribution in [2.24, 2.45) is 11.8 Å². The molecule has 10 nitrogen and oxygen atoms in total. The van der Waals surface area contributed by atoms with Gasteiger partial charge in [-0.25, -0.2) is 4.79 Å². The molecule has 4 N–H and O–H groups in total. The highest BCUT2D eigenvalue weighted by Crippen LogP contribution is 2.32. The Kier molecular flexibility index (Phi) is 11.3. The van der Waals surface area contributed by atoms with E-state index in [0.29, 0.717) is 39.1 Å². The highest BCUT2D eigenvalue weighted by molar-refractivity contribution is 5.73. The van der Waals surface area contributed by atoms with Crippen molar-refractivity contribution in [2.75, 3.05) is 41.1 Å². The maximum Gasteiger partial charge on any atom is 0.333 e. The smallest absolute Gasteiger partial charge is 0.333 e. The largest absolute Gasteiger partial charge is 0.479 e. The molecule has 32 heavy (non-hydrogen) atoms. The van der Waals surface area contributed by atoms with Crippen LogP contribution in [0.15, 0.2) is 0 Å². The number of aliphatic hydroxyl groups excluding tert-OH is 2. The van der Waals surface area contributed by atoms with Gasteiger partial charge in [0.25, 0.3) is 0 Å². The summed E-state index contributed by atoms with van der Waals surface area (Å²) in [5, 5.41) is 34.0. The van der Waals surface area contributed by atoms with Crippen molar-refractivity contribution in [1.82, 2.24) is 5.32 Å². The number of aliphatic carboxylic acids is 1. The third-order valence-electron chi connectivity index (χ3n) is 6.82. The summed E-state index contributed by atoms with van der Waals surface area (Å²) in [4.78, 5) is 11.6. The zero-order valence-corrected chi connectivity index (χ0v) is 19.8. The average molecular weight is 464 g/mol. The van der Waals surface area contributed by atoms with Crippen molar-refractivity contribution < 1.29 is 43.8 Å². The number of methoxy groups -OCH3 is 2. The molecule has 0 aromatic carbocycles. The molecule has 10 heteroatoms. The Morgan fingerprint density at radius 3 is 2.28 bits per heavy atom. The van der Waals surface area contributed by atoms with E-state index in [2.05, 4.69) is 5.32 Å². The second-order valence-corrected chi connectivity index (χ2v) is 8.69. The number of rotatable bonds is 12. The first-order valence-electron chi connectivity index (χ1n) is 11.5. The number of hydrogen-bond donors (Lipinski definition) is 4. The molecule has 10 atom stereocenters. The number of carbonyl (C=O) groups is 1. The van der Waals surface area contributed by atoms with Gasteiger partial charge in [0.05, 0.1) is 43.2 Å². The Labute approximate surface area is 190 Å². The molecule has 0 spiro atoms. The van der Waals surface area contributed by atoms with Crippen LogP contribution in [0.5, 0.6) is 0 Å². The van der Waals surface area contributed by atoms with Crippen molar-refractivity contribution in [3.05, 3.63) is 0 Å². The second kappa shape index (κ2) is 13.1. The van der Waals surface area contributed by atoms with E-state index in [-0.39, 0.29) is 24.2 Å². The molecule has 0 aromatic rings. The lowest BCUT2D eigenvalue weighted by Crippen LogP contribution is -2.59. The number of carboxylic acid groups (broad SMARTS) is 1. The summed E-state index contributed by atoms with van der Waals surface area (Å²) in [6.45, 7) is 4.84. The van der Waals surface area contributed by atoms with Crippen molar-refractivity contribution in [3.8, 4) is 0 Å². The first kappa shape index (κ1) is 27.4. The van der Waals surface area contributed by atoms with Crippen LogP contribution in [0.1, 0.15) is 33.1 Å². The predicted molar refractivity (Wildman–Crippen MR) is 115 cm³/mol. The van der Waals surface area contributed by atoms with Crippen molar-refractivity contribution in [2.45, 2.75) is 81.9 Å². The minimum atomic E-state index is -1.08. The molecular weight excluding hydrogens is 422 g/mol. The normalized spacial score (nSPS) is 40.3. The van der Waals surface area contributed by atoms with Crippen molar-refractivity contribution >= 4 is 5.97 Å². The maximum atomic E-state index is 11.6. The van der Waals surface area contributed by atoms with E-state index < -0.39 is 42.4 Å². The summed E-state index contributed by atoms with van der Waals surface area (Å²) in [5.74, 6) is -1.76. The van der Waals surface area contributed by atoms with Crippen LogP contribution in [-0.2, 0) is 28.5 Å². The summed E-state index contributed by atoms with van der Waals surface area (Å²) in [5.41, 5.74) is 0. The van der Waals surface area contributed by atoms with Gasteiger partial charge in [0.1, 0.15) is 6.10 Å². The van der Waals surface area contributed by atoms with Crippen LogP contribution in [0.25, 0.3) is 0 Å². The maximum absolute atomic E-state index is 11.6. The van der Waals surface area contributed by atoms with Crippen LogP contribution in [0.2, 0.25) is 0 Å². The molecule has 2 aliphatic heterocycles. The Hall–Kier alpha value is -0.850. The first-order valence-corrected chi connectivity index (χ1v) is 11.5. The Balaban J connectivity index is 1.87. The molecule has 2 heterocycles. The second-order valence-electron chi connectivity index (χ2n) is 8.69. The van der Waals surface area contributed by atoms with E-state index in [1.807, 2.05) is 13.8 Å². The van der Waals surface area contributed by atoms with E-state index in [1.54, 1.807) is 14.2 Å². The minimum Gasteiger partial charge on any atom is -0.479 e. The summed E-state index contributed by atoms with van der Waals surface area (Å²) in [6.07, 6.45) is -2.71. The minimum absolute atomic E-state index is 0.137. The van der Waals surface area contributed by atoms with Gasteiger partial charge >= 0.3 is 5.97 Å². The van der Waals surface area contributed by atoms with Crippen LogP contribution in [0.3, 0.4) is 0 Å². The Morgan fingerprint density at radius 2 is 1.72 bits per heavy atom. The van der Waals surface area contributed by atoms with Crippen LogP contribution >= 0.6 is 0 Å². The standard InChI is InChI=1S/C22H41NO9/c1-6-13-19(25)21(29-5)15(32-20(13)22(26)27)8-10-30-9-7-14-16(11-28-4)31-12(2)17(23-3)18(14)24/h12-21,23-25H,6-11H2,1-5H3,(H,26,27). The summed E-state index contributed by atoms with van der Waals surface area (Å²) in [6, 6.07) is -0.174. The van der Waals surface area contributed by atoms with Gasteiger partial charge < -0.3 is 44.3 Å². The Morgan fingerprint density at radius 1 is 1.03 bits per heavy atom. The van der Waals surface area contributed by atoms with Gasteiger partial charge in [-0.05, 0) is 33.2 Å². The fourth-order valence-electron chi connectivity index (χ4n) is 5.07. The van der Waals surface area contributed by atoms with Gasteiger partial charge in [-0.15, -0.1) is 0 Å². The van der Waals surface area contributed by atoms with Crippen molar-refractivity contribution in [1.29, 1.82) is 0 Å². The number of carboxylic acids is 1. The van der Waals surface area contributed by atoms with Gasteiger partial charge in [-0.1, -0.05) is 6.92 Å². The molecule has 0 amide bonds. The monoisotopic (exact) mass is 463 g/mol. The fourth-order valence-corrected chi connectivity index (χ4v) is 5.07. The SMILES string of the molecule is CCC1C(C(=O)O)OC(CCOCCC2C(COC)OC(C)C(NC)C2O)C(OC)C1O. The molecule has 2 aliphatic rings. The molecule has 188 valence electrons. The average Bonchev–Trinajstić information content (AvgIpc) is 2.75. The van der Waals surface area contributed by atoms with E-state index in [1.165, 1.54) is 7.11 Å². The topological polar surface area (TPSA) is 136 Å². The van der Waals surface area contributed by atoms with Crippen LogP contribution in [0.4, 0.5) is 0 Å². The summed E-state index contributed by atoms with van der Waals surface area (Å²) >= 11 is 0.